The predicted molar refractivity (Wildman–Crippen MR) is 95.9 cm³/mol. The van der Waals surface area contributed by atoms with Crippen molar-refractivity contribution in [1.82, 2.24) is 9.88 Å². The summed E-state index contributed by atoms with van der Waals surface area (Å²) in [7, 11) is 0. The molecule has 1 saturated carbocycles. The number of aromatic nitrogens is 1. The second-order valence-electron chi connectivity index (χ2n) is 8.00. The number of fused-ring (bicyclic) bond motifs is 1. The van der Waals surface area contributed by atoms with Gasteiger partial charge in [-0.15, -0.1) is 0 Å². The van der Waals surface area contributed by atoms with Crippen molar-refractivity contribution in [3.63, 3.8) is 0 Å². The molecule has 0 aliphatic heterocycles. The fraction of sp³-hybridized carbons (Fsp3) is 0.750. The van der Waals surface area contributed by atoms with E-state index in [1.54, 1.807) is 6.07 Å². The van der Waals surface area contributed by atoms with Crippen LogP contribution in [0.25, 0.3) is 0 Å². The molecule has 0 saturated heterocycles. The largest absolute Gasteiger partial charge is 0.313 e. The molecule has 1 aromatic heterocycles. The Hall–Kier alpha value is -1.09. The molecule has 0 amide bonds. The Morgan fingerprint density at radius 2 is 1.96 bits per heavy atom. The van der Waals surface area contributed by atoms with Gasteiger partial charge in [-0.3, -0.25) is 4.79 Å². The van der Waals surface area contributed by atoms with Crippen molar-refractivity contribution in [3.8, 4) is 0 Å². The number of nitrogens with zero attached hydrogens (tertiary/aromatic N) is 1. The third kappa shape index (κ3) is 4.26. The molecule has 1 fully saturated rings. The maximum atomic E-state index is 12.2. The molecule has 0 bridgehead atoms. The average Bonchev–Trinajstić information content (AvgIpc) is 2.56. The monoisotopic (exact) mass is 316 g/mol. The molecule has 1 N–H and O–H groups in total. The molecule has 0 spiro atoms. The van der Waals surface area contributed by atoms with Crippen LogP contribution in [0.2, 0.25) is 0 Å². The highest BCUT2D eigenvalue weighted by Gasteiger charge is 2.23. The standard InChI is InChI=1S/C20H32N2O/c1-15(2)14-22-19-10-9-18(12-17(19)8-11-20(22)23)21-13-16-6-4-3-5-7-16/h8,11,15-16,18,21H,3-7,9-10,12-14H2,1-2H3. The number of hydrogen-bond donors (Lipinski definition) is 1. The number of rotatable bonds is 5. The fourth-order valence-electron chi connectivity index (χ4n) is 4.29. The molecule has 1 heterocycles. The van der Waals surface area contributed by atoms with Gasteiger partial charge in [-0.05, 0) is 56.0 Å². The highest BCUT2D eigenvalue weighted by Crippen LogP contribution is 2.25. The van der Waals surface area contributed by atoms with E-state index >= 15 is 0 Å². The Morgan fingerprint density at radius 1 is 1.17 bits per heavy atom. The molecule has 1 unspecified atom stereocenters. The second-order valence-corrected chi connectivity index (χ2v) is 8.00. The maximum Gasteiger partial charge on any atom is 0.250 e. The van der Waals surface area contributed by atoms with Crippen molar-refractivity contribution < 1.29 is 0 Å². The van der Waals surface area contributed by atoms with Crippen LogP contribution in [0.4, 0.5) is 0 Å². The molecular formula is C20H32N2O. The van der Waals surface area contributed by atoms with Crippen molar-refractivity contribution >= 4 is 0 Å². The molecule has 3 heteroatoms. The quantitative estimate of drug-likeness (QED) is 0.901. The zero-order chi connectivity index (χ0) is 16.2. The second kappa shape index (κ2) is 7.65. The smallest absolute Gasteiger partial charge is 0.250 e. The Balaban J connectivity index is 1.63. The lowest BCUT2D eigenvalue weighted by Crippen LogP contribution is -2.40. The van der Waals surface area contributed by atoms with Gasteiger partial charge in [-0.25, -0.2) is 0 Å². The van der Waals surface area contributed by atoms with E-state index in [4.69, 9.17) is 0 Å². The first kappa shape index (κ1) is 16.8. The van der Waals surface area contributed by atoms with Crippen LogP contribution in [0, 0.1) is 11.8 Å². The number of hydrogen-bond acceptors (Lipinski definition) is 2. The first-order valence-corrected chi connectivity index (χ1v) is 9.58. The molecule has 2 aliphatic rings. The minimum Gasteiger partial charge on any atom is -0.313 e. The van der Waals surface area contributed by atoms with Crippen LogP contribution in [0.15, 0.2) is 16.9 Å². The summed E-state index contributed by atoms with van der Waals surface area (Å²) in [6.07, 6.45) is 10.4. The average molecular weight is 316 g/mol. The van der Waals surface area contributed by atoms with E-state index in [0.717, 1.165) is 25.3 Å². The lowest BCUT2D eigenvalue weighted by Gasteiger charge is -2.30. The zero-order valence-corrected chi connectivity index (χ0v) is 14.8. The minimum absolute atomic E-state index is 0.172. The summed E-state index contributed by atoms with van der Waals surface area (Å²) in [5.41, 5.74) is 2.85. The van der Waals surface area contributed by atoms with Gasteiger partial charge in [0.25, 0.3) is 5.56 Å². The zero-order valence-electron chi connectivity index (χ0n) is 14.8. The lowest BCUT2D eigenvalue weighted by atomic mass is 9.87. The first-order valence-electron chi connectivity index (χ1n) is 9.58. The van der Waals surface area contributed by atoms with Gasteiger partial charge in [-0.2, -0.15) is 0 Å². The van der Waals surface area contributed by atoms with Gasteiger partial charge >= 0.3 is 0 Å². The molecule has 0 radical (unpaired) electrons. The van der Waals surface area contributed by atoms with Gasteiger partial charge in [0, 0.05) is 24.3 Å². The van der Waals surface area contributed by atoms with Crippen molar-refractivity contribution in [1.29, 1.82) is 0 Å². The predicted octanol–water partition coefficient (Wildman–Crippen LogP) is 3.53. The van der Waals surface area contributed by atoms with Crippen LogP contribution < -0.4 is 10.9 Å². The van der Waals surface area contributed by atoms with E-state index < -0.39 is 0 Å². The molecule has 1 atom stereocenters. The summed E-state index contributed by atoms with van der Waals surface area (Å²) in [5, 5.41) is 3.82. The minimum atomic E-state index is 0.172. The Kier molecular flexibility index (Phi) is 5.58. The van der Waals surface area contributed by atoms with Crippen molar-refractivity contribution in [2.45, 2.75) is 77.8 Å². The van der Waals surface area contributed by atoms with Gasteiger partial charge < -0.3 is 9.88 Å². The van der Waals surface area contributed by atoms with Crippen molar-refractivity contribution in [2.24, 2.45) is 11.8 Å². The summed E-state index contributed by atoms with van der Waals surface area (Å²) in [4.78, 5) is 12.2. The van der Waals surface area contributed by atoms with Crippen LogP contribution in [-0.4, -0.2) is 17.2 Å². The fourth-order valence-corrected chi connectivity index (χ4v) is 4.29. The number of pyridine rings is 1. The molecule has 128 valence electrons. The third-order valence-corrected chi connectivity index (χ3v) is 5.55. The van der Waals surface area contributed by atoms with Gasteiger partial charge in [0.2, 0.25) is 0 Å². The van der Waals surface area contributed by atoms with Crippen LogP contribution in [0.3, 0.4) is 0 Å². The van der Waals surface area contributed by atoms with E-state index in [1.807, 2.05) is 4.57 Å². The number of nitrogens with one attached hydrogen (secondary N) is 1. The molecular weight excluding hydrogens is 284 g/mol. The summed E-state index contributed by atoms with van der Waals surface area (Å²) in [6, 6.07) is 4.43. The summed E-state index contributed by atoms with van der Waals surface area (Å²) in [6.45, 7) is 6.40. The van der Waals surface area contributed by atoms with Crippen LogP contribution in [0.5, 0.6) is 0 Å². The van der Waals surface area contributed by atoms with Gasteiger partial charge in [0.05, 0.1) is 0 Å². The molecule has 3 nitrogen and oxygen atoms in total. The van der Waals surface area contributed by atoms with Crippen molar-refractivity contribution in [2.75, 3.05) is 6.54 Å². The SMILES string of the molecule is CC(C)Cn1c2c(ccc1=O)CC(NCC1CCCCC1)CC2. The first-order chi connectivity index (χ1) is 11.1. The normalized spacial score (nSPS) is 22.3. The lowest BCUT2D eigenvalue weighted by molar-refractivity contribution is 0.317. The highest BCUT2D eigenvalue weighted by molar-refractivity contribution is 5.25. The van der Waals surface area contributed by atoms with E-state index in [9.17, 15) is 4.79 Å². The van der Waals surface area contributed by atoms with Crippen molar-refractivity contribution in [3.05, 3.63) is 33.7 Å². The van der Waals surface area contributed by atoms with E-state index in [-0.39, 0.29) is 5.56 Å². The maximum absolute atomic E-state index is 12.2. The molecule has 3 rings (SSSR count). The van der Waals surface area contributed by atoms with E-state index in [2.05, 4.69) is 25.2 Å². The van der Waals surface area contributed by atoms with Crippen LogP contribution in [0.1, 0.15) is 63.6 Å². The van der Waals surface area contributed by atoms with Crippen LogP contribution in [-0.2, 0) is 19.4 Å². The Bertz CT molecular complexity index is 569. The topological polar surface area (TPSA) is 34.0 Å². The van der Waals surface area contributed by atoms with Gasteiger partial charge in [0.1, 0.15) is 0 Å². The highest BCUT2D eigenvalue weighted by atomic mass is 16.1. The molecule has 1 aromatic rings. The molecule has 23 heavy (non-hydrogen) atoms. The summed E-state index contributed by atoms with van der Waals surface area (Å²) in [5.74, 6) is 1.40. The van der Waals surface area contributed by atoms with Gasteiger partial charge in [-0.1, -0.05) is 39.2 Å². The van der Waals surface area contributed by atoms with Crippen LogP contribution >= 0.6 is 0 Å². The Labute approximate surface area is 140 Å². The van der Waals surface area contributed by atoms with E-state index in [1.165, 1.54) is 56.3 Å². The van der Waals surface area contributed by atoms with Gasteiger partial charge in [0.15, 0.2) is 0 Å². The Morgan fingerprint density at radius 3 is 2.70 bits per heavy atom. The summed E-state index contributed by atoms with van der Waals surface area (Å²) < 4.78 is 2.03. The van der Waals surface area contributed by atoms with E-state index in [0.29, 0.717) is 12.0 Å². The molecule has 0 aromatic carbocycles. The summed E-state index contributed by atoms with van der Waals surface area (Å²) >= 11 is 0. The molecule has 2 aliphatic carbocycles. The third-order valence-electron chi connectivity index (χ3n) is 5.55.